The highest BCUT2D eigenvalue weighted by Gasteiger charge is 2.13. The predicted octanol–water partition coefficient (Wildman–Crippen LogP) is 4.76. The first kappa shape index (κ1) is 19.1. The zero-order valence-corrected chi connectivity index (χ0v) is 16.3. The number of benzene rings is 2. The minimum absolute atomic E-state index is 0.167. The van der Waals surface area contributed by atoms with Gasteiger partial charge in [0.2, 0.25) is 0 Å². The summed E-state index contributed by atoms with van der Waals surface area (Å²) in [6.45, 7) is 6.39. The van der Waals surface area contributed by atoms with Crippen molar-refractivity contribution in [1.29, 1.82) is 0 Å². The maximum Gasteiger partial charge on any atom is 0.171 e. The number of nitrogens with one attached hydrogen (secondary N) is 2. The number of aryl methyl sites for hydroxylation is 2. The molecule has 0 aliphatic carbocycles. The van der Waals surface area contributed by atoms with Crippen LogP contribution >= 0.6 is 12.2 Å². The van der Waals surface area contributed by atoms with Gasteiger partial charge in [0.05, 0.1) is 20.3 Å². The first-order valence-electron chi connectivity index (χ1n) is 8.35. The normalized spacial score (nSPS) is 11.6. The number of hydrogen-bond acceptors (Lipinski definition) is 3. The summed E-state index contributed by atoms with van der Waals surface area (Å²) in [5.74, 6) is 1.35. The second-order valence-corrected chi connectivity index (χ2v) is 6.40. The lowest BCUT2D eigenvalue weighted by Crippen LogP contribution is -2.32. The second kappa shape index (κ2) is 8.72. The molecule has 0 aliphatic rings. The largest absolute Gasteiger partial charge is 0.493 e. The van der Waals surface area contributed by atoms with Gasteiger partial charge in [0.1, 0.15) is 0 Å². The Balaban J connectivity index is 2.10. The molecule has 0 aromatic heterocycles. The summed E-state index contributed by atoms with van der Waals surface area (Å²) in [6.07, 6.45) is 0.942. The zero-order valence-electron chi connectivity index (χ0n) is 15.5. The second-order valence-electron chi connectivity index (χ2n) is 5.99. The highest BCUT2D eigenvalue weighted by atomic mass is 32.1. The predicted molar refractivity (Wildman–Crippen MR) is 108 cm³/mol. The Morgan fingerprint density at radius 1 is 1.04 bits per heavy atom. The number of ether oxygens (including phenoxy) is 2. The molecular weight excluding hydrogens is 332 g/mol. The smallest absolute Gasteiger partial charge is 0.171 e. The van der Waals surface area contributed by atoms with Crippen LogP contribution in [0.2, 0.25) is 0 Å². The van der Waals surface area contributed by atoms with Crippen molar-refractivity contribution in [1.82, 2.24) is 5.32 Å². The maximum absolute atomic E-state index is 5.49. The molecule has 1 atom stereocenters. The van der Waals surface area contributed by atoms with E-state index in [9.17, 15) is 0 Å². The molecule has 0 saturated carbocycles. The van der Waals surface area contributed by atoms with Crippen LogP contribution in [0.5, 0.6) is 11.5 Å². The van der Waals surface area contributed by atoms with Gasteiger partial charge in [-0.25, -0.2) is 0 Å². The third-order valence-electron chi connectivity index (χ3n) is 4.16. The Hall–Kier alpha value is -2.27. The number of thiocarbonyl (C=S) groups is 1. The molecule has 134 valence electrons. The Morgan fingerprint density at radius 3 is 2.36 bits per heavy atom. The van der Waals surface area contributed by atoms with E-state index < -0.39 is 0 Å². The minimum Gasteiger partial charge on any atom is -0.493 e. The molecule has 0 heterocycles. The van der Waals surface area contributed by atoms with Crippen LogP contribution in [0.15, 0.2) is 36.4 Å². The Morgan fingerprint density at radius 2 is 1.76 bits per heavy atom. The van der Waals surface area contributed by atoms with Crippen molar-refractivity contribution < 1.29 is 9.47 Å². The van der Waals surface area contributed by atoms with Gasteiger partial charge < -0.3 is 20.1 Å². The third kappa shape index (κ3) is 4.86. The highest BCUT2D eigenvalue weighted by molar-refractivity contribution is 7.80. The molecule has 1 unspecified atom stereocenters. The molecular formula is C20H26N2O2S. The summed E-state index contributed by atoms with van der Waals surface area (Å²) < 4.78 is 10.6. The fourth-order valence-corrected chi connectivity index (χ4v) is 3.12. The Kier molecular flexibility index (Phi) is 6.65. The summed E-state index contributed by atoms with van der Waals surface area (Å²) in [5, 5.41) is 7.21. The van der Waals surface area contributed by atoms with E-state index in [1.165, 1.54) is 16.7 Å². The average molecular weight is 359 g/mol. The molecule has 2 rings (SSSR count). The molecule has 5 heteroatoms. The van der Waals surface area contributed by atoms with E-state index in [2.05, 4.69) is 49.6 Å². The zero-order chi connectivity index (χ0) is 18.4. The van der Waals surface area contributed by atoms with Gasteiger partial charge in [-0.1, -0.05) is 30.7 Å². The molecule has 0 fully saturated rings. The molecule has 0 aliphatic heterocycles. The van der Waals surface area contributed by atoms with Crippen LogP contribution in [0, 0.1) is 13.8 Å². The van der Waals surface area contributed by atoms with E-state index in [4.69, 9.17) is 21.7 Å². The van der Waals surface area contributed by atoms with Crippen LogP contribution < -0.4 is 20.1 Å². The van der Waals surface area contributed by atoms with Gasteiger partial charge in [0.25, 0.3) is 0 Å². The van der Waals surface area contributed by atoms with Gasteiger partial charge in [-0.3, -0.25) is 0 Å². The number of hydrogen-bond donors (Lipinski definition) is 2. The Labute approximate surface area is 155 Å². The quantitative estimate of drug-likeness (QED) is 0.729. The molecule has 0 amide bonds. The van der Waals surface area contributed by atoms with E-state index in [0.29, 0.717) is 16.6 Å². The molecule has 2 aromatic carbocycles. The van der Waals surface area contributed by atoms with Crippen molar-refractivity contribution in [2.24, 2.45) is 0 Å². The van der Waals surface area contributed by atoms with Gasteiger partial charge in [-0.15, -0.1) is 0 Å². The van der Waals surface area contributed by atoms with E-state index >= 15 is 0 Å². The minimum atomic E-state index is 0.167. The molecule has 0 spiro atoms. The van der Waals surface area contributed by atoms with Crippen LogP contribution in [0.25, 0.3) is 0 Å². The topological polar surface area (TPSA) is 42.5 Å². The summed E-state index contributed by atoms with van der Waals surface area (Å²) in [5.41, 5.74) is 4.66. The van der Waals surface area contributed by atoms with E-state index in [1.54, 1.807) is 14.2 Å². The molecule has 4 nitrogen and oxygen atoms in total. The molecule has 0 radical (unpaired) electrons. The first-order chi connectivity index (χ1) is 12.0. The van der Waals surface area contributed by atoms with Gasteiger partial charge in [0.15, 0.2) is 16.6 Å². The highest BCUT2D eigenvalue weighted by Crippen LogP contribution is 2.30. The fraction of sp³-hybridized carbons (Fsp3) is 0.350. The fourth-order valence-electron chi connectivity index (χ4n) is 2.86. The van der Waals surface area contributed by atoms with E-state index in [0.717, 1.165) is 12.1 Å². The van der Waals surface area contributed by atoms with Crippen LogP contribution in [0.1, 0.15) is 36.1 Å². The van der Waals surface area contributed by atoms with E-state index in [-0.39, 0.29) is 6.04 Å². The van der Waals surface area contributed by atoms with Crippen molar-refractivity contribution in [3.8, 4) is 11.5 Å². The maximum atomic E-state index is 5.49. The molecule has 2 aromatic rings. The number of rotatable bonds is 6. The van der Waals surface area contributed by atoms with Crippen molar-refractivity contribution >= 4 is 23.0 Å². The van der Waals surface area contributed by atoms with Gasteiger partial charge in [-0.2, -0.15) is 0 Å². The lowest BCUT2D eigenvalue weighted by atomic mass is 9.98. The summed E-state index contributed by atoms with van der Waals surface area (Å²) in [7, 11) is 3.23. The van der Waals surface area contributed by atoms with Crippen LogP contribution in [0.4, 0.5) is 5.69 Å². The van der Waals surface area contributed by atoms with Crippen molar-refractivity contribution in [3.05, 3.63) is 53.1 Å². The van der Waals surface area contributed by atoms with Gasteiger partial charge in [0, 0.05) is 11.8 Å². The van der Waals surface area contributed by atoms with Gasteiger partial charge >= 0.3 is 0 Å². The van der Waals surface area contributed by atoms with Crippen molar-refractivity contribution in [3.63, 3.8) is 0 Å². The number of methoxy groups -OCH3 is 2. The van der Waals surface area contributed by atoms with Gasteiger partial charge in [-0.05, 0) is 55.7 Å². The average Bonchev–Trinajstić information content (AvgIpc) is 2.60. The van der Waals surface area contributed by atoms with Crippen molar-refractivity contribution in [2.45, 2.75) is 33.2 Å². The lowest BCUT2D eigenvalue weighted by molar-refractivity contribution is 0.355. The molecule has 25 heavy (non-hydrogen) atoms. The lowest BCUT2D eigenvalue weighted by Gasteiger charge is -2.22. The standard InChI is InChI=1S/C20H26N2O2S/c1-6-17(16-9-7-13(2)11-14(16)3)22-20(25)21-15-8-10-18(23-4)19(12-15)24-5/h7-12,17H,6H2,1-5H3,(H2,21,22,25). The van der Waals surface area contributed by atoms with Crippen LogP contribution in [-0.4, -0.2) is 19.3 Å². The van der Waals surface area contributed by atoms with Crippen LogP contribution in [-0.2, 0) is 0 Å². The van der Waals surface area contributed by atoms with E-state index in [1.807, 2.05) is 18.2 Å². The Bertz CT molecular complexity index is 746. The third-order valence-corrected chi connectivity index (χ3v) is 4.38. The summed E-state index contributed by atoms with van der Waals surface area (Å²) >= 11 is 5.49. The molecule has 0 bridgehead atoms. The first-order valence-corrected chi connectivity index (χ1v) is 8.76. The SMILES string of the molecule is CCC(NC(=S)Nc1ccc(OC)c(OC)c1)c1ccc(C)cc1C. The van der Waals surface area contributed by atoms with Crippen molar-refractivity contribution in [2.75, 3.05) is 19.5 Å². The monoisotopic (exact) mass is 358 g/mol. The molecule has 0 saturated heterocycles. The number of anilines is 1. The molecule has 2 N–H and O–H groups in total. The summed E-state index contributed by atoms with van der Waals surface area (Å²) in [4.78, 5) is 0. The summed E-state index contributed by atoms with van der Waals surface area (Å²) in [6, 6.07) is 12.3. The van der Waals surface area contributed by atoms with Crippen LogP contribution in [0.3, 0.4) is 0 Å².